The molecule has 0 aliphatic carbocycles. The van der Waals surface area contributed by atoms with Crippen molar-refractivity contribution in [2.45, 2.75) is 58.5 Å². The predicted octanol–water partition coefficient (Wildman–Crippen LogP) is 1.96. The molecule has 0 spiro atoms. The zero-order valence-electron chi connectivity index (χ0n) is 12.1. The summed E-state index contributed by atoms with van der Waals surface area (Å²) in [5.41, 5.74) is -0.588. The highest BCUT2D eigenvalue weighted by molar-refractivity contribution is 5.75. The number of urea groups is 1. The van der Waals surface area contributed by atoms with Gasteiger partial charge in [-0.1, -0.05) is 0 Å². The highest BCUT2D eigenvalue weighted by Gasteiger charge is 2.25. The minimum atomic E-state index is -0.882. The van der Waals surface area contributed by atoms with Gasteiger partial charge in [-0.2, -0.15) is 5.26 Å². The molecule has 0 saturated heterocycles. The Morgan fingerprint density at radius 2 is 2.00 bits per heavy atom. The molecule has 0 rings (SSSR count). The zero-order chi connectivity index (χ0) is 15.1. The molecule has 0 aromatic carbocycles. The molecule has 6 heteroatoms. The fourth-order valence-electron chi connectivity index (χ4n) is 1.61. The fraction of sp³-hybridized carbons (Fsp3) is 0.769. The highest BCUT2D eigenvalue weighted by atomic mass is 16.4. The van der Waals surface area contributed by atoms with Gasteiger partial charge in [-0.3, -0.25) is 4.79 Å². The third kappa shape index (κ3) is 7.29. The monoisotopic (exact) mass is 269 g/mol. The van der Waals surface area contributed by atoms with Crippen LogP contribution in [0.3, 0.4) is 0 Å². The van der Waals surface area contributed by atoms with Crippen LogP contribution in [-0.2, 0) is 4.79 Å². The van der Waals surface area contributed by atoms with E-state index in [1.165, 1.54) is 0 Å². The molecule has 0 saturated carbocycles. The first-order valence-electron chi connectivity index (χ1n) is 6.37. The predicted molar refractivity (Wildman–Crippen MR) is 71.6 cm³/mol. The van der Waals surface area contributed by atoms with Crippen molar-refractivity contribution < 1.29 is 14.7 Å². The second-order valence-electron chi connectivity index (χ2n) is 5.40. The van der Waals surface area contributed by atoms with Crippen molar-refractivity contribution in [1.29, 1.82) is 5.26 Å². The molecular formula is C13H23N3O3. The van der Waals surface area contributed by atoms with Crippen molar-refractivity contribution in [2.75, 3.05) is 6.54 Å². The summed E-state index contributed by atoms with van der Waals surface area (Å²) in [7, 11) is 0. The van der Waals surface area contributed by atoms with Crippen LogP contribution < -0.4 is 5.32 Å². The molecule has 0 heterocycles. The van der Waals surface area contributed by atoms with Crippen LogP contribution in [0.4, 0.5) is 4.79 Å². The third-order valence-corrected chi connectivity index (χ3v) is 2.76. The lowest BCUT2D eigenvalue weighted by Crippen LogP contribution is -2.52. The van der Waals surface area contributed by atoms with Crippen molar-refractivity contribution in [2.24, 2.45) is 0 Å². The lowest BCUT2D eigenvalue weighted by Gasteiger charge is -2.32. The molecule has 0 radical (unpaired) electrons. The first-order valence-corrected chi connectivity index (χ1v) is 6.37. The number of nitriles is 1. The number of hydrogen-bond donors (Lipinski definition) is 2. The Bertz CT molecular complexity index is 359. The van der Waals surface area contributed by atoms with E-state index < -0.39 is 11.5 Å². The molecular weight excluding hydrogens is 246 g/mol. The smallest absolute Gasteiger partial charge is 0.318 e. The molecule has 0 fully saturated rings. The second kappa shape index (κ2) is 7.62. The zero-order valence-corrected chi connectivity index (χ0v) is 12.1. The lowest BCUT2D eigenvalue weighted by atomic mass is 9.98. The lowest BCUT2D eigenvalue weighted by molar-refractivity contribution is -0.137. The van der Waals surface area contributed by atoms with E-state index in [4.69, 9.17) is 10.4 Å². The number of nitrogens with zero attached hydrogens (tertiary/aromatic N) is 2. The van der Waals surface area contributed by atoms with Crippen LogP contribution in [0.2, 0.25) is 0 Å². The van der Waals surface area contributed by atoms with Gasteiger partial charge in [-0.25, -0.2) is 4.79 Å². The molecule has 2 amide bonds. The Kier molecular flexibility index (Phi) is 6.91. The summed E-state index contributed by atoms with van der Waals surface area (Å²) in [4.78, 5) is 24.2. The van der Waals surface area contributed by atoms with Crippen LogP contribution in [0, 0.1) is 11.3 Å². The molecule has 6 nitrogen and oxygen atoms in total. The van der Waals surface area contributed by atoms with Crippen LogP contribution in [0.15, 0.2) is 0 Å². The molecule has 108 valence electrons. The number of carbonyl (C=O) groups is 2. The summed E-state index contributed by atoms with van der Waals surface area (Å²) in [6.07, 6.45) is 0.645. The van der Waals surface area contributed by atoms with Crippen LogP contribution in [0.5, 0.6) is 0 Å². The van der Waals surface area contributed by atoms with E-state index in [0.29, 0.717) is 13.0 Å². The van der Waals surface area contributed by atoms with Gasteiger partial charge in [-0.15, -0.1) is 0 Å². The highest BCUT2D eigenvalue weighted by Crippen LogP contribution is 2.13. The van der Waals surface area contributed by atoms with E-state index in [9.17, 15) is 9.59 Å². The molecule has 0 atom stereocenters. The van der Waals surface area contributed by atoms with Crippen LogP contribution >= 0.6 is 0 Å². The largest absolute Gasteiger partial charge is 0.481 e. The van der Waals surface area contributed by atoms with E-state index >= 15 is 0 Å². The van der Waals surface area contributed by atoms with Gasteiger partial charge in [0.25, 0.3) is 0 Å². The number of carboxylic acids is 1. The Morgan fingerprint density at radius 1 is 1.42 bits per heavy atom. The standard InChI is InChI=1S/C13H23N3O3/c1-10(2)16(9-5-8-14)12(19)15-13(3,4)7-6-11(17)18/h10H,5-7,9H2,1-4H3,(H,15,19)(H,17,18). The van der Waals surface area contributed by atoms with Crippen LogP contribution in [0.25, 0.3) is 0 Å². The number of carboxylic acid groups (broad SMARTS) is 1. The minimum absolute atomic E-state index is 0.00710. The van der Waals surface area contributed by atoms with E-state index in [1.807, 2.05) is 19.9 Å². The number of carbonyl (C=O) groups excluding carboxylic acids is 1. The third-order valence-electron chi connectivity index (χ3n) is 2.76. The molecule has 0 aromatic rings. The minimum Gasteiger partial charge on any atom is -0.481 e. The summed E-state index contributed by atoms with van der Waals surface area (Å²) >= 11 is 0. The topological polar surface area (TPSA) is 93.4 Å². The molecule has 19 heavy (non-hydrogen) atoms. The number of amides is 2. The van der Waals surface area contributed by atoms with Crippen molar-refractivity contribution in [3.8, 4) is 6.07 Å². The fourth-order valence-corrected chi connectivity index (χ4v) is 1.61. The van der Waals surface area contributed by atoms with Gasteiger partial charge < -0.3 is 15.3 Å². The van der Waals surface area contributed by atoms with E-state index in [1.54, 1.807) is 18.7 Å². The maximum absolute atomic E-state index is 12.1. The van der Waals surface area contributed by atoms with Gasteiger partial charge in [0.1, 0.15) is 0 Å². The van der Waals surface area contributed by atoms with Gasteiger partial charge in [-0.05, 0) is 34.1 Å². The number of hydrogen-bond acceptors (Lipinski definition) is 3. The molecule has 0 aromatic heterocycles. The van der Waals surface area contributed by atoms with Crippen molar-refractivity contribution in [3.05, 3.63) is 0 Å². The van der Waals surface area contributed by atoms with Crippen molar-refractivity contribution in [3.63, 3.8) is 0 Å². The summed E-state index contributed by atoms with van der Waals surface area (Å²) < 4.78 is 0. The SMILES string of the molecule is CC(C)N(CCC#N)C(=O)NC(C)(C)CCC(=O)O. The van der Waals surface area contributed by atoms with Gasteiger partial charge in [0.15, 0.2) is 0 Å². The quantitative estimate of drug-likeness (QED) is 0.738. The summed E-state index contributed by atoms with van der Waals surface area (Å²) in [5, 5.41) is 20.1. The molecule has 0 aliphatic rings. The Balaban J connectivity index is 4.53. The first-order chi connectivity index (χ1) is 8.69. The van der Waals surface area contributed by atoms with Gasteiger partial charge >= 0.3 is 12.0 Å². The Hall–Kier alpha value is -1.77. The maximum atomic E-state index is 12.1. The number of aliphatic carboxylic acids is 1. The van der Waals surface area contributed by atoms with Crippen molar-refractivity contribution >= 4 is 12.0 Å². The molecule has 0 bridgehead atoms. The summed E-state index contributed by atoms with van der Waals surface area (Å²) in [6.45, 7) is 7.70. The van der Waals surface area contributed by atoms with E-state index in [-0.39, 0.29) is 24.9 Å². The summed E-state index contributed by atoms with van der Waals surface area (Å²) in [5.74, 6) is -0.882. The molecule has 2 N–H and O–H groups in total. The summed E-state index contributed by atoms with van der Waals surface area (Å²) in [6, 6.07) is 1.74. The van der Waals surface area contributed by atoms with Crippen LogP contribution in [0.1, 0.15) is 47.0 Å². The average Bonchev–Trinajstić information content (AvgIpc) is 2.26. The second-order valence-corrected chi connectivity index (χ2v) is 5.40. The Morgan fingerprint density at radius 3 is 2.42 bits per heavy atom. The van der Waals surface area contributed by atoms with Gasteiger partial charge in [0.05, 0.1) is 12.5 Å². The van der Waals surface area contributed by atoms with Gasteiger partial charge in [0, 0.05) is 24.5 Å². The number of nitrogens with one attached hydrogen (secondary N) is 1. The van der Waals surface area contributed by atoms with E-state index in [0.717, 1.165) is 0 Å². The van der Waals surface area contributed by atoms with Crippen LogP contribution in [-0.4, -0.2) is 40.1 Å². The number of rotatable bonds is 7. The average molecular weight is 269 g/mol. The maximum Gasteiger partial charge on any atom is 0.318 e. The van der Waals surface area contributed by atoms with Crippen molar-refractivity contribution in [1.82, 2.24) is 10.2 Å². The molecule has 0 aliphatic heterocycles. The van der Waals surface area contributed by atoms with Gasteiger partial charge in [0.2, 0.25) is 0 Å². The normalized spacial score (nSPS) is 10.9. The first kappa shape index (κ1) is 17.2. The Labute approximate surface area is 114 Å². The molecule has 0 unspecified atom stereocenters. The van der Waals surface area contributed by atoms with E-state index in [2.05, 4.69) is 5.32 Å².